The van der Waals surface area contributed by atoms with Crippen molar-refractivity contribution >= 4 is 24.0 Å². The molecule has 0 saturated carbocycles. The molecule has 2 heteroatoms. The average molecular weight is 253 g/mol. The lowest BCUT2D eigenvalue weighted by molar-refractivity contribution is 0.355. The van der Waals surface area contributed by atoms with Crippen molar-refractivity contribution in [3.63, 3.8) is 0 Å². The second-order valence-electron chi connectivity index (χ2n) is 1.93. The molecule has 0 aliphatic rings. The van der Waals surface area contributed by atoms with E-state index in [9.17, 15) is 0 Å². The minimum Gasteiger partial charge on any atom is -0.296 e. The normalized spacial score (nSPS) is 8.60. The van der Waals surface area contributed by atoms with Crippen molar-refractivity contribution in [1.29, 1.82) is 0 Å². The van der Waals surface area contributed by atoms with E-state index in [2.05, 4.69) is 25.0 Å². The number of halogens is 1. The third-order valence-electron chi connectivity index (χ3n) is 1.22. The summed E-state index contributed by atoms with van der Waals surface area (Å²) in [5.41, 5.74) is 0. The van der Waals surface area contributed by atoms with Gasteiger partial charge < -0.3 is 0 Å². The molecule has 60 valence electrons. The standard InChI is InChI=1S/C8H15N.HI/c1-4-7-9(6-3)8-5-2;/h4-5H,1-2,6-8H2,3H3;1H. The molecule has 0 heterocycles. The topological polar surface area (TPSA) is 3.24 Å². The van der Waals surface area contributed by atoms with E-state index in [0.29, 0.717) is 0 Å². The van der Waals surface area contributed by atoms with Crippen molar-refractivity contribution in [2.45, 2.75) is 6.92 Å². The fourth-order valence-corrected chi connectivity index (χ4v) is 0.698. The van der Waals surface area contributed by atoms with E-state index < -0.39 is 0 Å². The molecule has 0 bridgehead atoms. The monoisotopic (exact) mass is 253 g/mol. The van der Waals surface area contributed by atoms with Crippen LogP contribution in [0.4, 0.5) is 0 Å². The van der Waals surface area contributed by atoms with Gasteiger partial charge in [0.1, 0.15) is 0 Å². The first-order valence-corrected chi connectivity index (χ1v) is 3.29. The van der Waals surface area contributed by atoms with E-state index >= 15 is 0 Å². The summed E-state index contributed by atoms with van der Waals surface area (Å²) in [6.45, 7) is 12.4. The van der Waals surface area contributed by atoms with Crippen LogP contribution in [-0.2, 0) is 0 Å². The number of hydrogen-bond acceptors (Lipinski definition) is 1. The minimum atomic E-state index is 0. The van der Waals surface area contributed by atoms with Gasteiger partial charge >= 0.3 is 0 Å². The smallest absolute Gasteiger partial charge is 0.0163 e. The summed E-state index contributed by atoms with van der Waals surface area (Å²) in [5, 5.41) is 0. The van der Waals surface area contributed by atoms with Crippen LogP contribution in [0, 0.1) is 0 Å². The molecule has 0 aliphatic heterocycles. The van der Waals surface area contributed by atoms with Gasteiger partial charge in [-0.2, -0.15) is 0 Å². The molecule has 0 radical (unpaired) electrons. The molecule has 10 heavy (non-hydrogen) atoms. The highest BCUT2D eigenvalue weighted by Gasteiger charge is 1.92. The van der Waals surface area contributed by atoms with E-state index in [0.717, 1.165) is 19.6 Å². The summed E-state index contributed by atoms with van der Waals surface area (Å²) < 4.78 is 0. The third-order valence-corrected chi connectivity index (χ3v) is 1.22. The molecule has 0 atom stereocenters. The fraction of sp³-hybridized carbons (Fsp3) is 0.500. The molecule has 0 spiro atoms. The van der Waals surface area contributed by atoms with Crippen LogP contribution in [0.2, 0.25) is 0 Å². The highest BCUT2D eigenvalue weighted by molar-refractivity contribution is 14.0. The van der Waals surface area contributed by atoms with Crippen LogP contribution in [0.5, 0.6) is 0 Å². The van der Waals surface area contributed by atoms with Crippen molar-refractivity contribution in [3.8, 4) is 0 Å². The largest absolute Gasteiger partial charge is 0.296 e. The van der Waals surface area contributed by atoms with Gasteiger partial charge in [-0.25, -0.2) is 0 Å². The zero-order valence-corrected chi connectivity index (χ0v) is 8.88. The average Bonchev–Trinajstić information content (AvgIpc) is 1.88. The molecule has 0 N–H and O–H groups in total. The van der Waals surface area contributed by atoms with Gasteiger partial charge in [0.15, 0.2) is 0 Å². The molecular weight excluding hydrogens is 237 g/mol. The Morgan fingerprint density at radius 3 is 1.80 bits per heavy atom. The quantitative estimate of drug-likeness (QED) is 0.536. The highest BCUT2D eigenvalue weighted by atomic mass is 127. The molecule has 0 amide bonds. The van der Waals surface area contributed by atoms with Crippen LogP contribution in [0.15, 0.2) is 25.3 Å². The van der Waals surface area contributed by atoms with Gasteiger partial charge in [-0.1, -0.05) is 19.1 Å². The zero-order valence-electron chi connectivity index (χ0n) is 6.55. The van der Waals surface area contributed by atoms with Crippen LogP contribution in [0.25, 0.3) is 0 Å². The fourth-order valence-electron chi connectivity index (χ4n) is 0.698. The van der Waals surface area contributed by atoms with E-state index in [1.54, 1.807) is 0 Å². The summed E-state index contributed by atoms with van der Waals surface area (Å²) in [6, 6.07) is 0. The van der Waals surface area contributed by atoms with Crippen molar-refractivity contribution in [3.05, 3.63) is 25.3 Å². The van der Waals surface area contributed by atoms with Gasteiger partial charge in [-0.15, -0.1) is 37.1 Å². The SMILES string of the molecule is C=CCN(CC)CC=C.I. The summed E-state index contributed by atoms with van der Waals surface area (Å²) in [7, 11) is 0. The molecule has 0 unspecified atom stereocenters. The number of nitrogens with zero attached hydrogens (tertiary/aromatic N) is 1. The molecule has 0 aliphatic carbocycles. The Hall–Kier alpha value is 0.170. The maximum Gasteiger partial charge on any atom is 0.0163 e. The molecule has 1 nitrogen and oxygen atoms in total. The molecule has 0 aromatic carbocycles. The first-order chi connectivity index (χ1) is 4.35. The third kappa shape index (κ3) is 6.29. The van der Waals surface area contributed by atoms with Crippen molar-refractivity contribution in [1.82, 2.24) is 4.90 Å². The van der Waals surface area contributed by atoms with Gasteiger partial charge in [0, 0.05) is 13.1 Å². The van der Waals surface area contributed by atoms with Gasteiger partial charge in [0.2, 0.25) is 0 Å². The molecule has 0 aromatic rings. The maximum absolute atomic E-state index is 3.65. The Morgan fingerprint density at radius 1 is 1.20 bits per heavy atom. The van der Waals surface area contributed by atoms with Crippen LogP contribution in [0.3, 0.4) is 0 Å². The second kappa shape index (κ2) is 9.17. The lowest BCUT2D eigenvalue weighted by Gasteiger charge is -2.14. The van der Waals surface area contributed by atoms with Gasteiger partial charge in [0.25, 0.3) is 0 Å². The molecule has 0 rings (SSSR count). The number of likely N-dealkylation sites (N-methyl/N-ethyl adjacent to an activating group) is 1. The van der Waals surface area contributed by atoms with Crippen LogP contribution < -0.4 is 0 Å². The first kappa shape index (κ1) is 12.8. The van der Waals surface area contributed by atoms with Gasteiger partial charge in [0.05, 0.1) is 0 Å². The summed E-state index contributed by atoms with van der Waals surface area (Å²) in [5.74, 6) is 0. The zero-order chi connectivity index (χ0) is 7.11. The Morgan fingerprint density at radius 2 is 1.60 bits per heavy atom. The predicted molar refractivity (Wildman–Crippen MR) is 57.9 cm³/mol. The van der Waals surface area contributed by atoms with Crippen molar-refractivity contribution in [2.75, 3.05) is 19.6 Å². The van der Waals surface area contributed by atoms with Crippen LogP contribution >= 0.6 is 24.0 Å². The lowest BCUT2D eigenvalue weighted by atomic mass is 10.4. The Balaban J connectivity index is 0. The van der Waals surface area contributed by atoms with E-state index in [4.69, 9.17) is 0 Å². The second-order valence-corrected chi connectivity index (χ2v) is 1.93. The van der Waals surface area contributed by atoms with Crippen LogP contribution in [0.1, 0.15) is 6.92 Å². The van der Waals surface area contributed by atoms with Crippen molar-refractivity contribution in [2.24, 2.45) is 0 Å². The van der Waals surface area contributed by atoms with Crippen LogP contribution in [-0.4, -0.2) is 24.5 Å². The van der Waals surface area contributed by atoms with Gasteiger partial charge in [-0.05, 0) is 6.54 Å². The van der Waals surface area contributed by atoms with E-state index in [-0.39, 0.29) is 24.0 Å². The summed E-state index contributed by atoms with van der Waals surface area (Å²) >= 11 is 0. The lowest BCUT2D eigenvalue weighted by Crippen LogP contribution is -2.22. The Kier molecular flexibility index (Phi) is 11.7. The maximum atomic E-state index is 3.65. The minimum absolute atomic E-state index is 0. The van der Waals surface area contributed by atoms with E-state index in [1.807, 2.05) is 12.2 Å². The van der Waals surface area contributed by atoms with E-state index in [1.165, 1.54) is 0 Å². The molecular formula is C8H16IN. The first-order valence-electron chi connectivity index (χ1n) is 3.29. The highest BCUT2D eigenvalue weighted by Crippen LogP contribution is 1.86. The molecule has 0 saturated heterocycles. The Bertz CT molecular complexity index is 81.3. The molecule has 0 aromatic heterocycles. The predicted octanol–water partition coefficient (Wildman–Crippen LogP) is 2.30. The number of hydrogen-bond donors (Lipinski definition) is 0. The van der Waals surface area contributed by atoms with Crippen molar-refractivity contribution < 1.29 is 0 Å². The summed E-state index contributed by atoms with van der Waals surface area (Å²) in [4.78, 5) is 2.25. The summed E-state index contributed by atoms with van der Waals surface area (Å²) in [6.07, 6.45) is 3.82. The number of rotatable bonds is 5. The Labute approximate surface area is 80.8 Å². The molecule has 0 fully saturated rings. The van der Waals surface area contributed by atoms with Gasteiger partial charge in [-0.3, -0.25) is 4.90 Å².